The molecule has 0 aromatic carbocycles. The van der Waals surface area contributed by atoms with Gasteiger partial charge in [0.1, 0.15) is 6.10 Å². The van der Waals surface area contributed by atoms with E-state index >= 15 is 0 Å². The standard InChI is InChI=1S/C13H23N3O/c1-4-16-11(7-10-14-16)12(17)13(15(2)3)8-5-6-9-13/h7,10,12,17H,4-6,8-9H2,1-3H3. The second-order valence-corrected chi connectivity index (χ2v) is 5.18. The normalized spacial score (nSPS) is 21.0. The minimum atomic E-state index is -0.442. The summed E-state index contributed by atoms with van der Waals surface area (Å²) >= 11 is 0. The lowest BCUT2D eigenvalue weighted by atomic mass is 9.87. The maximum absolute atomic E-state index is 10.7. The number of aliphatic hydroxyl groups excluding tert-OH is 1. The van der Waals surface area contributed by atoms with Crippen molar-refractivity contribution in [2.45, 2.75) is 50.8 Å². The van der Waals surface area contributed by atoms with Gasteiger partial charge in [-0.2, -0.15) is 5.10 Å². The van der Waals surface area contributed by atoms with E-state index in [2.05, 4.69) is 31.0 Å². The van der Waals surface area contributed by atoms with E-state index in [0.717, 1.165) is 25.1 Å². The predicted octanol–water partition coefficient (Wildman–Crippen LogP) is 1.81. The van der Waals surface area contributed by atoms with Crippen molar-refractivity contribution in [1.82, 2.24) is 14.7 Å². The Kier molecular flexibility index (Phi) is 3.54. The molecule has 1 saturated carbocycles. The highest BCUT2D eigenvalue weighted by molar-refractivity contribution is 5.14. The maximum atomic E-state index is 10.7. The molecule has 4 nitrogen and oxygen atoms in total. The molecule has 1 fully saturated rings. The molecule has 1 atom stereocenters. The molecule has 2 rings (SSSR count). The van der Waals surface area contributed by atoms with E-state index in [-0.39, 0.29) is 5.54 Å². The van der Waals surface area contributed by atoms with Gasteiger partial charge in [-0.3, -0.25) is 4.68 Å². The summed E-state index contributed by atoms with van der Waals surface area (Å²) in [5.41, 5.74) is 0.843. The van der Waals surface area contributed by atoms with Gasteiger partial charge in [0.15, 0.2) is 0 Å². The Balaban J connectivity index is 2.31. The van der Waals surface area contributed by atoms with Gasteiger partial charge in [-0.15, -0.1) is 0 Å². The van der Waals surface area contributed by atoms with Crippen molar-refractivity contribution in [2.75, 3.05) is 14.1 Å². The molecular formula is C13H23N3O. The van der Waals surface area contributed by atoms with Gasteiger partial charge >= 0.3 is 0 Å². The fraction of sp³-hybridized carbons (Fsp3) is 0.769. The van der Waals surface area contributed by atoms with Crippen LogP contribution in [0.4, 0.5) is 0 Å². The van der Waals surface area contributed by atoms with Gasteiger partial charge in [0, 0.05) is 12.7 Å². The highest BCUT2D eigenvalue weighted by atomic mass is 16.3. The molecule has 1 heterocycles. The highest BCUT2D eigenvalue weighted by Crippen LogP contribution is 2.43. The molecule has 0 aliphatic heterocycles. The van der Waals surface area contributed by atoms with Crippen molar-refractivity contribution in [3.8, 4) is 0 Å². The first kappa shape index (κ1) is 12.6. The average molecular weight is 237 g/mol. The second kappa shape index (κ2) is 4.78. The zero-order valence-electron chi connectivity index (χ0n) is 11.1. The highest BCUT2D eigenvalue weighted by Gasteiger charge is 2.44. The van der Waals surface area contributed by atoms with Crippen LogP contribution in [0, 0.1) is 0 Å². The van der Waals surface area contributed by atoms with E-state index in [4.69, 9.17) is 0 Å². The molecule has 1 N–H and O–H groups in total. The second-order valence-electron chi connectivity index (χ2n) is 5.18. The Morgan fingerprint density at radius 1 is 1.47 bits per heavy atom. The van der Waals surface area contributed by atoms with Crippen molar-refractivity contribution >= 4 is 0 Å². The lowest BCUT2D eigenvalue weighted by molar-refractivity contribution is -0.00984. The Bertz CT molecular complexity index is 366. The van der Waals surface area contributed by atoms with Crippen molar-refractivity contribution < 1.29 is 5.11 Å². The first-order chi connectivity index (χ1) is 8.12. The molecule has 0 spiro atoms. The number of hydrogen-bond donors (Lipinski definition) is 1. The zero-order chi connectivity index (χ0) is 12.5. The molecule has 96 valence electrons. The first-order valence-corrected chi connectivity index (χ1v) is 6.49. The van der Waals surface area contributed by atoms with Gasteiger partial charge in [-0.05, 0) is 39.9 Å². The number of nitrogens with zero attached hydrogens (tertiary/aromatic N) is 3. The lowest BCUT2D eigenvalue weighted by Crippen LogP contribution is -2.47. The van der Waals surface area contributed by atoms with Crippen molar-refractivity contribution in [3.05, 3.63) is 18.0 Å². The molecule has 0 saturated heterocycles. The van der Waals surface area contributed by atoms with Crippen molar-refractivity contribution in [1.29, 1.82) is 0 Å². The molecule has 1 unspecified atom stereocenters. The molecule has 17 heavy (non-hydrogen) atoms. The van der Waals surface area contributed by atoms with E-state index < -0.39 is 6.10 Å². The van der Waals surface area contributed by atoms with Gasteiger partial charge in [0.25, 0.3) is 0 Å². The summed E-state index contributed by atoms with van der Waals surface area (Å²) in [7, 11) is 4.14. The maximum Gasteiger partial charge on any atom is 0.114 e. The summed E-state index contributed by atoms with van der Waals surface area (Å²) in [6, 6.07) is 1.94. The minimum absolute atomic E-state index is 0.104. The van der Waals surface area contributed by atoms with Crippen molar-refractivity contribution in [3.63, 3.8) is 0 Å². The van der Waals surface area contributed by atoms with E-state index in [1.807, 2.05) is 10.7 Å². The molecule has 1 aromatic rings. The van der Waals surface area contributed by atoms with Crippen LogP contribution in [0.5, 0.6) is 0 Å². The smallest absolute Gasteiger partial charge is 0.114 e. The van der Waals surface area contributed by atoms with Crippen LogP contribution >= 0.6 is 0 Å². The Morgan fingerprint density at radius 2 is 2.12 bits per heavy atom. The summed E-state index contributed by atoms with van der Waals surface area (Å²) in [6.07, 6.45) is 5.87. The van der Waals surface area contributed by atoms with Gasteiger partial charge in [-0.25, -0.2) is 0 Å². The molecule has 0 amide bonds. The molecule has 1 aliphatic rings. The molecule has 0 bridgehead atoms. The molecule has 1 aromatic heterocycles. The van der Waals surface area contributed by atoms with Crippen LogP contribution in [0.1, 0.15) is 44.4 Å². The predicted molar refractivity (Wildman–Crippen MR) is 67.7 cm³/mol. The first-order valence-electron chi connectivity index (χ1n) is 6.49. The number of rotatable bonds is 4. The number of aliphatic hydroxyl groups is 1. The van der Waals surface area contributed by atoms with Crippen LogP contribution in [0.15, 0.2) is 12.3 Å². The van der Waals surface area contributed by atoms with Crippen LogP contribution in [0.2, 0.25) is 0 Å². The minimum Gasteiger partial charge on any atom is -0.385 e. The number of aryl methyl sites for hydroxylation is 1. The van der Waals surface area contributed by atoms with E-state index in [0.29, 0.717) is 0 Å². The van der Waals surface area contributed by atoms with E-state index in [1.165, 1.54) is 12.8 Å². The Morgan fingerprint density at radius 3 is 2.65 bits per heavy atom. The SMILES string of the molecule is CCn1nccc1C(O)C1(N(C)C)CCCC1. The van der Waals surface area contributed by atoms with Gasteiger partial charge < -0.3 is 10.0 Å². The van der Waals surface area contributed by atoms with E-state index in [1.54, 1.807) is 6.20 Å². The largest absolute Gasteiger partial charge is 0.385 e. The molecule has 4 heteroatoms. The van der Waals surface area contributed by atoms with Crippen LogP contribution in [-0.4, -0.2) is 39.4 Å². The summed E-state index contributed by atoms with van der Waals surface area (Å²) < 4.78 is 1.90. The zero-order valence-corrected chi connectivity index (χ0v) is 11.1. The number of likely N-dealkylation sites (N-methyl/N-ethyl adjacent to an activating group) is 1. The van der Waals surface area contributed by atoms with Crippen LogP contribution in [0.3, 0.4) is 0 Å². The van der Waals surface area contributed by atoms with Crippen LogP contribution in [-0.2, 0) is 6.54 Å². The van der Waals surface area contributed by atoms with Gasteiger partial charge in [0.05, 0.1) is 11.2 Å². The van der Waals surface area contributed by atoms with Gasteiger partial charge in [0.2, 0.25) is 0 Å². The molecule has 0 radical (unpaired) electrons. The quantitative estimate of drug-likeness (QED) is 0.868. The van der Waals surface area contributed by atoms with Gasteiger partial charge in [-0.1, -0.05) is 12.8 Å². The summed E-state index contributed by atoms with van der Waals surface area (Å²) in [6.45, 7) is 2.86. The number of hydrogen-bond acceptors (Lipinski definition) is 3. The third-order valence-electron chi connectivity index (χ3n) is 4.20. The lowest BCUT2D eigenvalue weighted by Gasteiger charge is -2.40. The fourth-order valence-electron chi connectivity index (χ4n) is 3.07. The third-order valence-corrected chi connectivity index (χ3v) is 4.20. The van der Waals surface area contributed by atoms with Crippen LogP contribution < -0.4 is 0 Å². The molecule has 1 aliphatic carbocycles. The molecular weight excluding hydrogens is 214 g/mol. The monoisotopic (exact) mass is 237 g/mol. The van der Waals surface area contributed by atoms with E-state index in [9.17, 15) is 5.11 Å². The summed E-state index contributed by atoms with van der Waals surface area (Å²) in [4.78, 5) is 2.19. The summed E-state index contributed by atoms with van der Waals surface area (Å²) in [5.74, 6) is 0. The Hall–Kier alpha value is -0.870. The average Bonchev–Trinajstić information content (AvgIpc) is 2.97. The topological polar surface area (TPSA) is 41.3 Å². The third kappa shape index (κ3) is 2.00. The Labute approximate surface area is 103 Å². The number of aromatic nitrogens is 2. The van der Waals surface area contributed by atoms with Crippen molar-refractivity contribution in [2.24, 2.45) is 0 Å². The summed E-state index contributed by atoms with van der Waals surface area (Å²) in [5, 5.41) is 15.0. The van der Waals surface area contributed by atoms with Crippen LogP contribution in [0.25, 0.3) is 0 Å². The fourth-order valence-corrected chi connectivity index (χ4v) is 3.07.